The molecule has 3 rings (SSSR count). The van der Waals surface area contributed by atoms with Crippen LogP contribution in [0.5, 0.6) is 5.75 Å². The van der Waals surface area contributed by atoms with Crippen molar-refractivity contribution < 1.29 is 22.7 Å². The fourth-order valence-corrected chi connectivity index (χ4v) is 3.00. The van der Waals surface area contributed by atoms with Crippen LogP contribution in [0.3, 0.4) is 0 Å². The first kappa shape index (κ1) is 14.3. The van der Waals surface area contributed by atoms with Crippen molar-refractivity contribution in [1.29, 1.82) is 0 Å². The molecule has 0 atom stereocenters. The maximum absolute atomic E-state index is 12.3. The average molecular weight is 324 g/mol. The Kier molecular flexibility index (Phi) is 3.45. The topological polar surface area (TPSA) is 123 Å². The molecule has 2 N–H and O–H groups in total. The van der Waals surface area contributed by atoms with Gasteiger partial charge in [-0.05, 0) is 23.8 Å². The van der Waals surface area contributed by atoms with E-state index in [2.05, 4.69) is 24.6 Å². The highest BCUT2D eigenvalue weighted by atomic mass is 32.2. The summed E-state index contributed by atoms with van der Waals surface area (Å²) in [5.41, 5.74) is 0.827. The number of carbonyl (C=O) groups excluding carboxylic acids is 1. The Morgan fingerprint density at radius 3 is 3.05 bits per heavy atom. The second kappa shape index (κ2) is 5.30. The van der Waals surface area contributed by atoms with E-state index < -0.39 is 16.0 Å². The first-order valence-electron chi connectivity index (χ1n) is 6.29. The summed E-state index contributed by atoms with van der Waals surface area (Å²) >= 11 is 0. The van der Waals surface area contributed by atoms with Gasteiger partial charge in [0, 0.05) is 6.42 Å². The minimum atomic E-state index is -3.86. The Balaban J connectivity index is 1.84. The molecule has 9 nitrogen and oxygen atoms in total. The number of hydrogen-bond donors (Lipinski definition) is 2. The summed E-state index contributed by atoms with van der Waals surface area (Å²) in [6.07, 6.45) is 0.659. The second-order valence-corrected chi connectivity index (χ2v) is 6.16. The van der Waals surface area contributed by atoms with Gasteiger partial charge in [0.15, 0.2) is 0 Å². The summed E-state index contributed by atoms with van der Waals surface area (Å²) in [4.78, 5) is 15.0. The van der Waals surface area contributed by atoms with Gasteiger partial charge < -0.3 is 9.47 Å². The number of esters is 1. The van der Waals surface area contributed by atoms with Crippen LogP contribution in [0.2, 0.25) is 0 Å². The zero-order chi connectivity index (χ0) is 15.7. The molecule has 0 saturated carbocycles. The molecule has 10 heteroatoms. The molecule has 1 aliphatic heterocycles. The van der Waals surface area contributed by atoms with Gasteiger partial charge in [-0.25, -0.2) is 17.9 Å². The van der Waals surface area contributed by atoms with Gasteiger partial charge in [-0.15, -0.1) is 5.10 Å². The molecule has 116 valence electrons. The van der Waals surface area contributed by atoms with Crippen LogP contribution < -0.4 is 9.46 Å². The first-order chi connectivity index (χ1) is 10.5. The lowest BCUT2D eigenvalue weighted by molar-refractivity contribution is 0.0587. The van der Waals surface area contributed by atoms with E-state index in [9.17, 15) is 13.2 Å². The number of hydrogen-bond acceptors (Lipinski definition) is 7. The van der Waals surface area contributed by atoms with Gasteiger partial charge in [-0.1, -0.05) is 0 Å². The monoisotopic (exact) mass is 324 g/mol. The maximum atomic E-state index is 12.3. The highest BCUT2D eigenvalue weighted by Gasteiger charge is 2.21. The second-order valence-electron chi connectivity index (χ2n) is 4.47. The number of rotatable bonds is 4. The van der Waals surface area contributed by atoms with E-state index in [4.69, 9.17) is 4.74 Å². The zero-order valence-electron chi connectivity index (χ0n) is 11.5. The van der Waals surface area contributed by atoms with Crippen LogP contribution in [-0.4, -0.2) is 43.3 Å². The molecule has 1 aliphatic rings. The number of nitrogens with one attached hydrogen (secondary N) is 2. The Morgan fingerprint density at radius 1 is 1.45 bits per heavy atom. The minimum Gasteiger partial charge on any atom is -0.493 e. The smallest absolute Gasteiger partial charge is 0.375 e. The van der Waals surface area contributed by atoms with Crippen LogP contribution in [0, 0.1) is 0 Å². The van der Waals surface area contributed by atoms with Crippen molar-refractivity contribution in [2.75, 3.05) is 18.4 Å². The van der Waals surface area contributed by atoms with Crippen molar-refractivity contribution in [1.82, 2.24) is 15.2 Å². The van der Waals surface area contributed by atoms with Gasteiger partial charge in [0.2, 0.25) is 5.82 Å². The van der Waals surface area contributed by atoms with Crippen LogP contribution in [0.1, 0.15) is 16.2 Å². The van der Waals surface area contributed by atoms with Gasteiger partial charge in [0.05, 0.1) is 18.6 Å². The Bertz CT molecular complexity index is 830. The lowest BCUT2D eigenvalue weighted by atomic mass is 10.2. The number of sulfonamides is 1. The molecule has 0 saturated heterocycles. The number of anilines is 1. The van der Waals surface area contributed by atoms with E-state index in [1.165, 1.54) is 13.2 Å². The maximum Gasteiger partial charge on any atom is 0.375 e. The number of H-pyrrole nitrogens is 1. The van der Waals surface area contributed by atoms with Crippen LogP contribution in [-0.2, 0) is 21.2 Å². The molecule has 0 amide bonds. The number of benzene rings is 1. The molecule has 0 radical (unpaired) electrons. The SMILES string of the molecule is COC(=O)c1nc(NS(=O)(=O)c2ccc3c(c2)CCO3)n[nH]1. The molecule has 2 heterocycles. The number of aromatic nitrogens is 3. The molecule has 0 unspecified atom stereocenters. The largest absolute Gasteiger partial charge is 0.493 e. The third-order valence-electron chi connectivity index (χ3n) is 3.06. The van der Waals surface area contributed by atoms with Crippen molar-refractivity contribution >= 4 is 21.9 Å². The predicted molar refractivity (Wildman–Crippen MR) is 74.2 cm³/mol. The Labute approximate surface area is 125 Å². The third-order valence-corrected chi connectivity index (χ3v) is 4.39. The van der Waals surface area contributed by atoms with Gasteiger partial charge in [-0.2, -0.15) is 4.98 Å². The molecule has 1 aromatic carbocycles. The number of carbonyl (C=O) groups is 1. The average Bonchev–Trinajstić information content (AvgIpc) is 3.13. The van der Waals surface area contributed by atoms with Crippen molar-refractivity contribution in [3.8, 4) is 5.75 Å². The quantitative estimate of drug-likeness (QED) is 0.777. The number of aromatic amines is 1. The van der Waals surface area contributed by atoms with Crippen molar-refractivity contribution in [3.05, 3.63) is 29.6 Å². The summed E-state index contributed by atoms with van der Waals surface area (Å²) < 4.78 is 36.6. The number of methoxy groups -OCH3 is 1. The minimum absolute atomic E-state index is 0.0705. The van der Waals surface area contributed by atoms with E-state index in [0.717, 1.165) is 5.56 Å². The van der Waals surface area contributed by atoms with Gasteiger partial charge in [0.1, 0.15) is 5.75 Å². The number of ether oxygens (including phenoxy) is 2. The summed E-state index contributed by atoms with van der Waals surface area (Å²) in [6, 6.07) is 4.58. The highest BCUT2D eigenvalue weighted by molar-refractivity contribution is 7.92. The number of nitrogens with zero attached hydrogens (tertiary/aromatic N) is 2. The van der Waals surface area contributed by atoms with Crippen LogP contribution in [0.25, 0.3) is 0 Å². The Hall–Kier alpha value is -2.62. The van der Waals surface area contributed by atoms with Gasteiger partial charge in [0.25, 0.3) is 16.0 Å². The molecule has 0 aliphatic carbocycles. The molecule has 1 aromatic heterocycles. The van der Waals surface area contributed by atoms with Crippen LogP contribution in [0.4, 0.5) is 5.95 Å². The highest BCUT2D eigenvalue weighted by Crippen LogP contribution is 2.28. The van der Waals surface area contributed by atoms with Gasteiger partial charge >= 0.3 is 5.97 Å². The van der Waals surface area contributed by atoms with E-state index in [-0.39, 0.29) is 16.7 Å². The molecular formula is C12H12N4O5S. The van der Waals surface area contributed by atoms with E-state index >= 15 is 0 Å². The van der Waals surface area contributed by atoms with Crippen LogP contribution >= 0.6 is 0 Å². The molecule has 2 aromatic rings. The third kappa shape index (κ3) is 2.60. The van der Waals surface area contributed by atoms with E-state index in [0.29, 0.717) is 18.8 Å². The fourth-order valence-electron chi connectivity index (χ4n) is 2.00. The summed E-state index contributed by atoms with van der Waals surface area (Å²) in [7, 11) is -2.67. The molecule has 22 heavy (non-hydrogen) atoms. The van der Waals surface area contributed by atoms with Crippen molar-refractivity contribution in [2.24, 2.45) is 0 Å². The van der Waals surface area contributed by atoms with Crippen LogP contribution in [0.15, 0.2) is 23.1 Å². The fraction of sp³-hybridized carbons (Fsp3) is 0.250. The predicted octanol–water partition coefficient (Wildman–Crippen LogP) is 0.327. The Morgan fingerprint density at radius 2 is 2.27 bits per heavy atom. The van der Waals surface area contributed by atoms with E-state index in [1.54, 1.807) is 12.1 Å². The van der Waals surface area contributed by atoms with Crippen molar-refractivity contribution in [3.63, 3.8) is 0 Å². The normalized spacial score (nSPS) is 13.3. The summed E-state index contributed by atoms with van der Waals surface area (Å²) in [5, 5.41) is 5.91. The lowest BCUT2D eigenvalue weighted by Crippen LogP contribution is -2.14. The molecular weight excluding hydrogens is 312 g/mol. The number of fused-ring (bicyclic) bond motifs is 1. The first-order valence-corrected chi connectivity index (χ1v) is 7.77. The molecule has 0 bridgehead atoms. The van der Waals surface area contributed by atoms with Crippen molar-refractivity contribution in [2.45, 2.75) is 11.3 Å². The zero-order valence-corrected chi connectivity index (χ0v) is 12.3. The summed E-state index contributed by atoms with van der Waals surface area (Å²) in [6.45, 7) is 0.537. The lowest BCUT2D eigenvalue weighted by Gasteiger charge is -2.06. The van der Waals surface area contributed by atoms with Gasteiger partial charge in [-0.3, -0.25) is 5.10 Å². The summed E-state index contributed by atoms with van der Waals surface area (Å²) in [5.74, 6) is -0.489. The molecule has 0 fully saturated rings. The molecule has 0 spiro atoms. The van der Waals surface area contributed by atoms with E-state index in [1.807, 2.05) is 0 Å². The standard InChI is InChI=1S/C12H12N4O5S/c1-20-11(17)10-13-12(15-14-10)16-22(18,19)8-2-3-9-7(6-8)4-5-21-9/h2-3,6H,4-5H2,1H3,(H2,13,14,15,16).